The van der Waals surface area contributed by atoms with Gasteiger partial charge in [-0.1, -0.05) is 79.8 Å². The molecule has 3 aromatic rings. The number of fused-ring (bicyclic) bond motifs is 3. The molecule has 0 spiro atoms. The number of rotatable bonds is 2. The minimum absolute atomic E-state index is 0.348. The van der Waals surface area contributed by atoms with Crippen LogP contribution in [0.4, 0.5) is 0 Å². The van der Waals surface area contributed by atoms with Gasteiger partial charge in [-0.25, -0.2) is 0 Å². The minimum Gasteiger partial charge on any atom is -0.399 e. The van der Waals surface area contributed by atoms with Crippen molar-refractivity contribution >= 4 is 31.0 Å². The first kappa shape index (κ1) is 19.8. The van der Waals surface area contributed by atoms with Gasteiger partial charge in [-0.3, -0.25) is 0 Å². The Morgan fingerprint density at radius 3 is 1.93 bits per heavy atom. The monoisotopic (exact) mass is 412 g/mol. The van der Waals surface area contributed by atoms with E-state index < -0.39 is 8.07 Å². The van der Waals surface area contributed by atoms with Crippen molar-refractivity contribution in [1.29, 1.82) is 0 Å². The van der Waals surface area contributed by atoms with Gasteiger partial charge < -0.3 is 9.31 Å². The Morgan fingerprint density at radius 1 is 0.667 bits per heavy atom. The third kappa shape index (κ3) is 2.78. The average molecular weight is 412 g/mol. The van der Waals surface area contributed by atoms with E-state index in [-0.39, 0.29) is 18.3 Å². The number of hydrogen-bond donors (Lipinski definition) is 0. The summed E-state index contributed by atoms with van der Waals surface area (Å²) in [4.78, 5) is 0. The van der Waals surface area contributed by atoms with Gasteiger partial charge in [0, 0.05) is 0 Å². The molecule has 152 valence electrons. The average Bonchev–Trinajstić information content (AvgIpc) is 3.08. The van der Waals surface area contributed by atoms with Crippen LogP contribution >= 0.6 is 0 Å². The topological polar surface area (TPSA) is 18.5 Å². The molecule has 2 heterocycles. The Bertz CT molecular complexity index is 1130. The Labute approximate surface area is 181 Å². The molecule has 2 aliphatic heterocycles. The Morgan fingerprint density at radius 2 is 1.23 bits per heavy atom. The van der Waals surface area contributed by atoms with E-state index in [4.69, 9.17) is 9.31 Å². The maximum Gasteiger partial charge on any atom is 0.495 e. The van der Waals surface area contributed by atoms with Crippen LogP contribution < -0.4 is 15.8 Å². The summed E-state index contributed by atoms with van der Waals surface area (Å²) in [5.41, 5.74) is 5.66. The van der Waals surface area contributed by atoms with Crippen LogP contribution in [-0.2, 0) is 9.31 Å². The lowest BCUT2D eigenvalue weighted by Crippen LogP contribution is -2.49. The van der Waals surface area contributed by atoms with Gasteiger partial charge in [-0.15, -0.1) is 0 Å². The zero-order valence-electron chi connectivity index (χ0n) is 18.7. The van der Waals surface area contributed by atoms with E-state index in [0.29, 0.717) is 0 Å². The fraction of sp³-hybridized carbons (Fsp3) is 0.308. The third-order valence-electron chi connectivity index (χ3n) is 7.36. The zero-order chi connectivity index (χ0) is 21.3. The molecule has 0 aliphatic carbocycles. The van der Waals surface area contributed by atoms with Crippen LogP contribution in [0, 0.1) is 0 Å². The summed E-state index contributed by atoms with van der Waals surface area (Å²) in [6.45, 7) is 13.3. The molecule has 0 radical (unpaired) electrons. The largest absolute Gasteiger partial charge is 0.495 e. The highest BCUT2D eigenvalue weighted by atomic mass is 28.3. The van der Waals surface area contributed by atoms with Crippen molar-refractivity contribution in [1.82, 2.24) is 0 Å². The predicted molar refractivity (Wildman–Crippen MR) is 130 cm³/mol. The van der Waals surface area contributed by atoms with E-state index in [1.807, 2.05) is 0 Å². The molecular weight excluding hydrogens is 383 g/mol. The fourth-order valence-corrected chi connectivity index (χ4v) is 7.91. The van der Waals surface area contributed by atoms with Crippen molar-refractivity contribution in [2.45, 2.75) is 52.0 Å². The number of hydrogen-bond acceptors (Lipinski definition) is 2. The van der Waals surface area contributed by atoms with E-state index >= 15 is 0 Å². The van der Waals surface area contributed by atoms with Gasteiger partial charge >= 0.3 is 7.12 Å². The van der Waals surface area contributed by atoms with Crippen LogP contribution in [0.5, 0.6) is 0 Å². The molecule has 0 N–H and O–H groups in total. The van der Waals surface area contributed by atoms with E-state index in [0.717, 1.165) is 5.46 Å². The molecule has 4 heteroatoms. The fourth-order valence-electron chi connectivity index (χ4n) is 4.81. The van der Waals surface area contributed by atoms with Crippen LogP contribution in [-0.4, -0.2) is 26.4 Å². The second-order valence-electron chi connectivity index (χ2n) is 10.1. The van der Waals surface area contributed by atoms with Crippen molar-refractivity contribution < 1.29 is 9.31 Å². The molecule has 3 aromatic carbocycles. The maximum absolute atomic E-state index is 6.38. The minimum atomic E-state index is -1.70. The lowest BCUT2D eigenvalue weighted by molar-refractivity contribution is 0.00578. The summed E-state index contributed by atoms with van der Waals surface area (Å²) in [7, 11) is -2.06. The molecule has 2 aliphatic rings. The van der Waals surface area contributed by atoms with Crippen molar-refractivity contribution in [2.24, 2.45) is 0 Å². The molecular formula is C26H29BO2Si. The zero-order valence-corrected chi connectivity index (χ0v) is 19.7. The molecule has 30 heavy (non-hydrogen) atoms. The highest BCUT2D eigenvalue weighted by molar-refractivity contribution is 7.03. The van der Waals surface area contributed by atoms with Gasteiger partial charge in [-0.05, 0) is 65.8 Å². The van der Waals surface area contributed by atoms with Gasteiger partial charge in [0.2, 0.25) is 0 Å². The first-order valence-corrected chi connectivity index (χ1v) is 13.8. The quantitative estimate of drug-likeness (QED) is 0.579. The molecule has 0 aromatic heterocycles. The highest BCUT2D eigenvalue weighted by Crippen LogP contribution is 2.37. The van der Waals surface area contributed by atoms with Gasteiger partial charge in [0.05, 0.1) is 11.2 Å². The number of benzene rings is 3. The Hall–Kier alpha value is -2.14. The molecule has 1 fully saturated rings. The summed E-state index contributed by atoms with van der Waals surface area (Å²) in [6, 6.07) is 24.4. The molecule has 2 nitrogen and oxygen atoms in total. The van der Waals surface area contributed by atoms with Crippen molar-refractivity contribution in [2.75, 3.05) is 0 Å². The summed E-state index contributed by atoms with van der Waals surface area (Å²) in [5, 5.41) is 3.06. The van der Waals surface area contributed by atoms with Crippen LogP contribution in [0.1, 0.15) is 27.7 Å². The van der Waals surface area contributed by atoms with Gasteiger partial charge in [0.25, 0.3) is 0 Å². The second-order valence-corrected chi connectivity index (χ2v) is 14.4. The molecule has 0 amide bonds. The summed E-state index contributed by atoms with van der Waals surface area (Å²) in [5.74, 6) is 0. The maximum atomic E-state index is 6.38. The summed E-state index contributed by atoms with van der Waals surface area (Å²) in [6.07, 6.45) is 0. The van der Waals surface area contributed by atoms with Gasteiger partial charge in [-0.2, -0.15) is 0 Å². The van der Waals surface area contributed by atoms with Crippen LogP contribution in [0.3, 0.4) is 0 Å². The molecule has 0 saturated carbocycles. The molecule has 0 bridgehead atoms. The van der Waals surface area contributed by atoms with E-state index in [2.05, 4.69) is 108 Å². The van der Waals surface area contributed by atoms with Crippen molar-refractivity contribution in [3.8, 4) is 22.3 Å². The van der Waals surface area contributed by atoms with Crippen LogP contribution in [0.25, 0.3) is 22.3 Å². The first-order valence-electron chi connectivity index (χ1n) is 10.8. The van der Waals surface area contributed by atoms with E-state index in [9.17, 15) is 0 Å². The normalized spacial score (nSPS) is 20.1. The SMILES string of the molecule is CC1(C)OB(c2ccccc2-c2ccc3c(c2)[Si](C)(C)c2ccccc2-3)OC1(C)C. The predicted octanol–water partition coefficient (Wildman–Crippen LogP) is 4.46. The third-order valence-corrected chi connectivity index (χ3v) is 10.9. The first-order chi connectivity index (χ1) is 14.1. The summed E-state index contributed by atoms with van der Waals surface area (Å²) < 4.78 is 12.8. The van der Waals surface area contributed by atoms with Crippen LogP contribution in [0.15, 0.2) is 66.7 Å². The molecule has 0 unspecified atom stereocenters. The Balaban J connectivity index is 1.61. The van der Waals surface area contributed by atoms with Crippen molar-refractivity contribution in [3.63, 3.8) is 0 Å². The van der Waals surface area contributed by atoms with Crippen LogP contribution in [0.2, 0.25) is 13.1 Å². The second kappa shape index (κ2) is 6.43. The van der Waals surface area contributed by atoms with Crippen molar-refractivity contribution in [3.05, 3.63) is 66.7 Å². The smallest absolute Gasteiger partial charge is 0.399 e. The van der Waals surface area contributed by atoms with Gasteiger partial charge in [0.15, 0.2) is 0 Å². The summed E-state index contributed by atoms with van der Waals surface area (Å²) >= 11 is 0. The lowest BCUT2D eigenvalue weighted by atomic mass is 9.74. The lowest BCUT2D eigenvalue weighted by Gasteiger charge is -2.32. The highest BCUT2D eigenvalue weighted by Gasteiger charge is 2.52. The van der Waals surface area contributed by atoms with E-state index in [1.165, 1.54) is 32.6 Å². The molecule has 1 saturated heterocycles. The molecule has 0 atom stereocenters. The Kier molecular flexibility index (Phi) is 4.24. The molecule has 5 rings (SSSR count). The standard InChI is InChI=1S/C26H29BO2Si/c1-25(2)26(3,4)29-27(28-25)22-13-9-7-11-19(22)18-15-16-21-20-12-8-10-14-23(20)30(5,6)24(21)17-18/h7-17H,1-6H3. The van der Waals surface area contributed by atoms with Gasteiger partial charge in [0.1, 0.15) is 8.07 Å². The van der Waals surface area contributed by atoms with E-state index in [1.54, 1.807) is 0 Å².